The maximum atomic E-state index is 11.1. The third-order valence-electron chi connectivity index (χ3n) is 3.01. The Labute approximate surface area is 117 Å². The summed E-state index contributed by atoms with van der Waals surface area (Å²) in [6.07, 6.45) is 1.00. The first-order valence-corrected chi connectivity index (χ1v) is 7.07. The van der Waals surface area contributed by atoms with E-state index in [0.29, 0.717) is 12.1 Å². The summed E-state index contributed by atoms with van der Waals surface area (Å²) in [4.78, 5) is 14.6. The minimum atomic E-state index is -0.859. The number of carbonyl (C=O) groups is 1. The predicted molar refractivity (Wildman–Crippen MR) is 77.8 cm³/mol. The van der Waals surface area contributed by atoms with Crippen LogP contribution in [0.2, 0.25) is 0 Å². The Hall–Kier alpha value is -1.65. The zero-order valence-electron chi connectivity index (χ0n) is 10.9. The fourth-order valence-electron chi connectivity index (χ4n) is 1.99. The minimum absolute atomic E-state index is 0.394. The highest BCUT2D eigenvalue weighted by Gasteiger charge is 2.10. The molecule has 0 saturated carbocycles. The molecule has 2 rings (SSSR count). The van der Waals surface area contributed by atoms with Crippen LogP contribution in [0, 0.1) is 0 Å². The monoisotopic (exact) mass is 275 g/mol. The van der Waals surface area contributed by atoms with Crippen LogP contribution in [0.5, 0.6) is 0 Å². The molecule has 1 N–H and O–H groups in total. The van der Waals surface area contributed by atoms with Gasteiger partial charge in [0.15, 0.2) is 0 Å². The standard InChI is InChI=1S/C15H17NO2S/c1-16(9-8-13-6-4-10-19-13)11-12-5-2-3-7-14(12)15(17)18/h2-7,10H,8-9,11H2,1H3,(H,17,18). The van der Waals surface area contributed by atoms with Gasteiger partial charge in [-0.1, -0.05) is 24.3 Å². The van der Waals surface area contributed by atoms with E-state index >= 15 is 0 Å². The number of nitrogens with zero attached hydrogens (tertiary/aromatic N) is 1. The van der Waals surface area contributed by atoms with Crippen LogP contribution in [-0.4, -0.2) is 29.6 Å². The number of likely N-dealkylation sites (N-methyl/N-ethyl adjacent to an activating group) is 1. The first kappa shape index (κ1) is 13.8. The van der Waals surface area contributed by atoms with Crippen LogP contribution in [0.4, 0.5) is 0 Å². The number of hydrogen-bond acceptors (Lipinski definition) is 3. The van der Waals surface area contributed by atoms with Gasteiger partial charge in [-0.05, 0) is 36.5 Å². The third-order valence-corrected chi connectivity index (χ3v) is 3.94. The second-order valence-electron chi connectivity index (χ2n) is 4.53. The van der Waals surface area contributed by atoms with Gasteiger partial charge in [0.05, 0.1) is 5.56 Å². The Morgan fingerprint density at radius 3 is 2.74 bits per heavy atom. The van der Waals surface area contributed by atoms with E-state index in [4.69, 9.17) is 5.11 Å². The van der Waals surface area contributed by atoms with Gasteiger partial charge in [-0.2, -0.15) is 0 Å². The van der Waals surface area contributed by atoms with Crippen LogP contribution in [0.25, 0.3) is 0 Å². The molecule has 0 saturated heterocycles. The summed E-state index contributed by atoms with van der Waals surface area (Å²) in [5, 5.41) is 11.2. The summed E-state index contributed by atoms with van der Waals surface area (Å²) in [6, 6.07) is 11.4. The van der Waals surface area contributed by atoms with Gasteiger partial charge in [-0.3, -0.25) is 0 Å². The SMILES string of the molecule is CN(CCc1cccs1)Cc1ccccc1C(=O)O. The Morgan fingerprint density at radius 1 is 1.26 bits per heavy atom. The van der Waals surface area contributed by atoms with Gasteiger partial charge in [-0.25, -0.2) is 4.79 Å². The van der Waals surface area contributed by atoms with Crippen molar-refractivity contribution >= 4 is 17.3 Å². The number of thiophene rings is 1. The van der Waals surface area contributed by atoms with E-state index in [1.54, 1.807) is 23.5 Å². The smallest absolute Gasteiger partial charge is 0.336 e. The third kappa shape index (κ3) is 3.91. The van der Waals surface area contributed by atoms with Crippen LogP contribution < -0.4 is 0 Å². The maximum Gasteiger partial charge on any atom is 0.336 e. The molecule has 19 heavy (non-hydrogen) atoms. The topological polar surface area (TPSA) is 40.5 Å². The van der Waals surface area contributed by atoms with Gasteiger partial charge in [0.25, 0.3) is 0 Å². The van der Waals surface area contributed by atoms with E-state index in [9.17, 15) is 4.79 Å². The molecular formula is C15H17NO2S. The number of aromatic carboxylic acids is 1. The predicted octanol–water partition coefficient (Wildman–Crippen LogP) is 3.12. The van der Waals surface area contributed by atoms with E-state index in [1.165, 1.54) is 4.88 Å². The maximum absolute atomic E-state index is 11.1. The van der Waals surface area contributed by atoms with Gasteiger partial charge in [0.1, 0.15) is 0 Å². The quantitative estimate of drug-likeness (QED) is 0.880. The van der Waals surface area contributed by atoms with Crippen molar-refractivity contribution in [1.82, 2.24) is 4.90 Å². The second-order valence-corrected chi connectivity index (χ2v) is 5.56. The normalized spacial score (nSPS) is 10.8. The lowest BCUT2D eigenvalue weighted by Crippen LogP contribution is -2.21. The van der Waals surface area contributed by atoms with E-state index in [0.717, 1.165) is 18.5 Å². The molecule has 0 radical (unpaired) electrons. The summed E-state index contributed by atoms with van der Waals surface area (Å²) in [6.45, 7) is 1.59. The zero-order valence-corrected chi connectivity index (χ0v) is 11.7. The summed E-state index contributed by atoms with van der Waals surface area (Å²) >= 11 is 1.76. The Morgan fingerprint density at radius 2 is 2.05 bits per heavy atom. The number of carboxylic acid groups (broad SMARTS) is 1. The van der Waals surface area contributed by atoms with Crippen molar-refractivity contribution in [3.63, 3.8) is 0 Å². The van der Waals surface area contributed by atoms with Gasteiger partial charge < -0.3 is 10.0 Å². The van der Waals surface area contributed by atoms with Gasteiger partial charge in [-0.15, -0.1) is 11.3 Å². The van der Waals surface area contributed by atoms with E-state index < -0.39 is 5.97 Å². The lowest BCUT2D eigenvalue weighted by molar-refractivity contribution is 0.0694. The molecule has 0 fully saturated rings. The highest BCUT2D eigenvalue weighted by Crippen LogP contribution is 2.13. The van der Waals surface area contributed by atoms with Crippen molar-refractivity contribution in [2.24, 2.45) is 0 Å². The average molecular weight is 275 g/mol. The Kier molecular flexibility index (Phi) is 4.71. The molecule has 1 aromatic heterocycles. The van der Waals surface area contributed by atoms with Crippen LogP contribution in [0.15, 0.2) is 41.8 Å². The molecule has 0 aliphatic carbocycles. The van der Waals surface area contributed by atoms with Crippen molar-refractivity contribution in [3.05, 3.63) is 57.8 Å². The first-order valence-electron chi connectivity index (χ1n) is 6.19. The number of benzene rings is 1. The largest absolute Gasteiger partial charge is 0.478 e. The number of carboxylic acids is 1. The molecule has 4 heteroatoms. The van der Waals surface area contributed by atoms with Gasteiger partial charge in [0, 0.05) is 18.0 Å². The fourth-order valence-corrected chi connectivity index (χ4v) is 2.69. The van der Waals surface area contributed by atoms with E-state index in [1.807, 2.05) is 19.2 Å². The Bertz CT molecular complexity index is 537. The van der Waals surface area contributed by atoms with Crippen LogP contribution >= 0.6 is 11.3 Å². The fraction of sp³-hybridized carbons (Fsp3) is 0.267. The highest BCUT2D eigenvalue weighted by atomic mass is 32.1. The van der Waals surface area contributed by atoms with E-state index in [-0.39, 0.29) is 0 Å². The summed E-state index contributed by atoms with van der Waals surface area (Å²) in [7, 11) is 2.02. The molecule has 2 aromatic rings. The Balaban J connectivity index is 1.95. The molecule has 0 aliphatic rings. The summed E-state index contributed by atoms with van der Waals surface area (Å²) < 4.78 is 0. The van der Waals surface area contributed by atoms with Gasteiger partial charge in [0.2, 0.25) is 0 Å². The van der Waals surface area contributed by atoms with Crippen molar-refractivity contribution < 1.29 is 9.90 Å². The molecule has 100 valence electrons. The molecule has 3 nitrogen and oxygen atoms in total. The van der Waals surface area contributed by atoms with Crippen molar-refractivity contribution in [1.29, 1.82) is 0 Å². The number of hydrogen-bond donors (Lipinski definition) is 1. The molecule has 1 aromatic carbocycles. The molecular weight excluding hydrogens is 258 g/mol. The molecule has 0 unspecified atom stereocenters. The minimum Gasteiger partial charge on any atom is -0.478 e. The molecule has 1 heterocycles. The number of rotatable bonds is 6. The highest BCUT2D eigenvalue weighted by molar-refractivity contribution is 7.09. The van der Waals surface area contributed by atoms with Crippen molar-refractivity contribution in [3.8, 4) is 0 Å². The zero-order chi connectivity index (χ0) is 13.7. The molecule has 0 atom stereocenters. The molecule has 0 bridgehead atoms. The molecule has 0 aliphatic heterocycles. The van der Waals surface area contributed by atoms with Crippen LogP contribution in [0.3, 0.4) is 0 Å². The summed E-state index contributed by atoms with van der Waals surface area (Å²) in [5.41, 5.74) is 1.26. The van der Waals surface area contributed by atoms with Crippen LogP contribution in [0.1, 0.15) is 20.8 Å². The molecule has 0 amide bonds. The van der Waals surface area contributed by atoms with Crippen molar-refractivity contribution in [2.45, 2.75) is 13.0 Å². The average Bonchev–Trinajstić information content (AvgIpc) is 2.90. The molecule has 0 spiro atoms. The van der Waals surface area contributed by atoms with Gasteiger partial charge >= 0.3 is 5.97 Å². The van der Waals surface area contributed by atoms with E-state index in [2.05, 4.69) is 22.4 Å². The summed E-state index contributed by atoms with van der Waals surface area (Å²) in [5.74, 6) is -0.859. The lowest BCUT2D eigenvalue weighted by atomic mass is 10.1. The lowest BCUT2D eigenvalue weighted by Gasteiger charge is -2.17. The first-order chi connectivity index (χ1) is 9.16. The van der Waals surface area contributed by atoms with Crippen LogP contribution in [-0.2, 0) is 13.0 Å². The second kappa shape index (κ2) is 6.50. The van der Waals surface area contributed by atoms with Crippen molar-refractivity contribution in [2.75, 3.05) is 13.6 Å².